The van der Waals surface area contributed by atoms with E-state index in [2.05, 4.69) is 123 Å². The minimum atomic E-state index is 0.621. The Hall–Kier alpha value is -6.32. The molecule has 0 aliphatic carbocycles. The average molecular weight is 739 g/mol. The van der Waals surface area contributed by atoms with E-state index in [-0.39, 0.29) is 0 Å². The number of hydrogen-bond acceptors (Lipinski definition) is 3. The number of benzene rings is 7. The van der Waals surface area contributed by atoms with E-state index >= 15 is 0 Å². The number of nitrogens with one attached hydrogen (secondary N) is 2. The molecule has 0 bridgehead atoms. The normalized spacial score (nSPS) is 9.71. The van der Waals surface area contributed by atoms with E-state index in [1.54, 1.807) is 6.92 Å². The fraction of sp³-hybridized carbons (Fsp3) is 0.170. The molecule has 0 saturated heterocycles. The van der Waals surface area contributed by atoms with Gasteiger partial charge >= 0.3 is 0 Å². The van der Waals surface area contributed by atoms with Crippen LogP contribution in [0.1, 0.15) is 82.2 Å². The number of fused-ring (bicyclic) bond motifs is 3. The zero-order chi connectivity index (χ0) is 40.5. The van der Waals surface area contributed by atoms with Crippen LogP contribution in [0.5, 0.6) is 0 Å². The molecular weight excluding hydrogens is 681 g/mol. The summed E-state index contributed by atoms with van der Waals surface area (Å²) < 4.78 is 6.32. The van der Waals surface area contributed by atoms with E-state index in [9.17, 15) is 0 Å². The molecule has 3 heteroatoms. The summed E-state index contributed by atoms with van der Waals surface area (Å²) in [5, 5.41) is 16.4. The van der Waals surface area contributed by atoms with Crippen molar-refractivity contribution in [1.82, 2.24) is 0 Å². The van der Waals surface area contributed by atoms with Crippen LogP contribution >= 0.6 is 0 Å². The smallest absolute Gasteiger partial charge is 0.143 e. The summed E-state index contributed by atoms with van der Waals surface area (Å²) in [7, 11) is 0. The molecule has 0 amide bonds. The molecule has 0 fully saturated rings. The highest BCUT2D eigenvalue weighted by Gasteiger charge is 2.16. The molecule has 0 saturated carbocycles. The van der Waals surface area contributed by atoms with Gasteiger partial charge in [-0.05, 0) is 58.7 Å². The zero-order valence-electron chi connectivity index (χ0n) is 34.2. The van der Waals surface area contributed by atoms with Gasteiger partial charge in [0.05, 0.1) is 0 Å². The predicted molar refractivity (Wildman–Crippen MR) is 245 cm³/mol. The van der Waals surface area contributed by atoms with Gasteiger partial charge in [-0.3, -0.25) is 0 Å². The summed E-state index contributed by atoms with van der Waals surface area (Å²) in [5.74, 6) is 0.659. The highest BCUT2D eigenvalue weighted by molar-refractivity contribution is 6.10. The molecule has 56 heavy (non-hydrogen) atoms. The predicted octanol–water partition coefficient (Wildman–Crippen LogP) is 15.5. The fourth-order valence-corrected chi connectivity index (χ4v) is 5.79. The standard InChI is InChI=1S/C25H18O.C9H12.C8H9N.C7H7N.2C2H6/c1-3-9-18(10-4-1)17-20-15-16-22-21-13-7-8-14-23(21)26-25(22)24(20)19-11-5-2-6-12-19;1-8(2)9-6-4-3-5-7-9;1-7(9)8-5-3-2-4-6-8;8-6-7-4-2-1-3-5-7;2*1-2/h1-16H,17H2;3-8H,1-2H3;2-6,9H,1H3;1-6,8H;2*1-2H3. The molecule has 2 N–H and O–H groups in total. The Morgan fingerprint density at radius 1 is 0.554 bits per heavy atom. The Kier molecular flexibility index (Phi) is 19.6. The van der Waals surface area contributed by atoms with Crippen molar-refractivity contribution in [3.8, 4) is 11.1 Å². The Bertz CT molecular complexity index is 2260. The molecule has 8 rings (SSSR count). The summed E-state index contributed by atoms with van der Waals surface area (Å²) in [6, 6.07) is 63.7. The van der Waals surface area contributed by atoms with Gasteiger partial charge in [-0.25, -0.2) is 0 Å². The first-order chi connectivity index (χ1) is 27.4. The summed E-state index contributed by atoms with van der Waals surface area (Å²) in [5.41, 5.74) is 10.9. The maximum atomic E-state index is 7.24. The number of hydrogen-bond donors (Lipinski definition) is 2. The number of rotatable bonds is 6. The molecule has 1 heterocycles. The lowest BCUT2D eigenvalue weighted by Gasteiger charge is -2.11. The summed E-state index contributed by atoms with van der Waals surface area (Å²) >= 11 is 0. The Labute approximate surface area is 335 Å². The third-order valence-corrected chi connectivity index (χ3v) is 8.57. The van der Waals surface area contributed by atoms with Crippen LogP contribution in [-0.2, 0) is 6.42 Å². The van der Waals surface area contributed by atoms with Crippen molar-refractivity contribution in [3.05, 3.63) is 216 Å². The molecule has 286 valence electrons. The van der Waals surface area contributed by atoms with Gasteiger partial charge in [-0.2, -0.15) is 0 Å². The Morgan fingerprint density at radius 2 is 1.04 bits per heavy atom. The Balaban J connectivity index is 0.000000230. The quantitative estimate of drug-likeness (QED) is 0.164. The first-order valence-electron chi connectivity index (χ1n) is 19.7. The van der Waals surface area contributed by atoms with Gasteiger partial charge in [0.2, 0.25) is 0 Å². The lowest BCUT2D eigenvalue weighted by molar-refractivity contribution is 0.669. The van der Waals surface area contributed by atoms with E-state index in [4.69, 9.17) is 15.2 Å². The van der Waals surface area contributed by atoms with Crippen LogP contribution in [0, 0.1) is 10.8 Å². The average Bonchev–Trinajstić information content (AvgIpc) is 3.66. The van der Waals surface area contributed by atoms with Crippen molar-refractivity contribution < 1.29 is 4.42 Å². The van der Waals surface area contributed by atoms with Crippen molar-refractivity contribution in [3.63, 3.8) is 0 Å². The maximum Gasteiger partial charge on any atom is 0.143 e. The second-order valence-electron chi connectivity index (χ2n) is 12.7. The molecule has 3 nitrogen and oxygen atoms in total. The van der Waals surface area contributed by atoms with Crippen LogP contribution in [0.25, 0.3) is 33.1 Å². The van der Waals surface area contributed by atoms with Crippen molar-refractivity contribution in [2.45, 2.75) is 60.8 Å². The summed E-state index contributed by atoms with van der Waals surface area (Å²) in [4.78, 5) is 0. The lowest BCUT2D eigenvalue weighted by Crippen LogP contribution is -1.93. The summed E-state index contributed by atoms with van der Waals surface area (Å²) in [6.07, 6.45) is 2.22. The SMILES string of the molecule is CC.CC.CC(=N)c1ccccc1.CC(C)c1ccccc1.N=Cc1ccccc1.c1ccc(Cc2ccc3c(oc4ccccc43)c2-c2ccccc2)cc1. The lowest BCUT2D eigenvalue weighted by atomic mass is 9.93. The van der Waals surface area contributed by atoms with Gasteiger partial charge < -0.3 is 15.2 Å². The van der Waals surface area contributed by atoms with Crippen LogP contribution < -0.4 is 0 Å². The maximum absolute atomic E-state index is 7.24. The van der Waals surface area contributed by atoms with Gasteiger partial charge in [0.15, 0.2) is 0 Å². The van der Waals surface area contributed by atoms with Gasteiger partial charge in [-0.15, -0.1) is 0 Å². The third kappa shape index (κ3) is 13.5. The fourth-order valence-electron chi connectivity index (χ4n) is 5.79. The second-order valence-corrected chi connectivity index (χ2v) is 12.7. The largest absolute Gasteiger partial charge is 0.455 e. The van der Waals surface area contributed by atoms with Gasteiger partial charge in [0, 0.05) is 28.3 Å². The second kappa shape index (κ2) is 24.9. The zero-order valence-corrected chi connectivity index (χ0v) is 34.2. The van der Waals surface area contributed by atoms with E-state index in [0.717, 1.165) is 28.7 Å². The van der Waals surface area contributed by atoms with E-state index in [1.165, 1.54) is 44.8 Å². The third-order valence-electron chi connectivity index (χ3n) is 8.57. The molecule has 0 radical (unpaired) electrons. The molecule has 1 aromatic heterocycles. The van der Waals surface area contributed by atoms with Gasteiger partial charge in [0.25, 0.3) is 0 Å². The molecule has 0 unspecified atom stereocenters. The van der Waals surface area contributed by atoms with Crippen LogP contribution in [0.15, 0.2) is 192 Å². The molecule has 7 aromatic carbocycles. The molecular formula is C53H58N2O. The summed E-state index contributed by atoms with van der Waals surface area (Å²) in [6.45, 7) is 14.2. The minimum absolute atomic E-state index is 0.621. The van der Waals surface area contributed by atoms with E-state index in [0.29, 0.717) is 11.6 Å². The highest BCUT2D eigenvalue weighted by atomic mass is 16.3. The van der Waals surface area contributed by atoms with E-state index in [1.807, 2.05) is 107 Å². The first kappa shape index (κ1) is 44.1. The monoisotopic (exact) mass is 738 g/mol. The number of furan rings is 1. The van der Waals surface area contributed by atoms with E-state index < -0.39 is 0 Å². The highest BCUT2D eigenvalue weighted by Crippen LogP contribution is 2.38. The van der Waals surface area contributed by atoms with Gasteiger partial charge in [-0.1, -0.05) is 224 Å². The molecule has 0 aliphatic rings. The first-order valence-corrected chi connectivity index (χ1v) is 19.7. The van der Waals surface area contributed by atoms with Crippen molar-refractivity contribution in [2.75, 3.05) is 0 Å². The Morgan fingerprint density at radius 3 is 1.52 bits per heavy atom. The van der Waals surface area contributed by atoms with Crippen molar-refractivity contribution >= 4 is 33.9 Å². The van der Waals surface area contributed by atoms with Crippen LogP contribution in [-0.4, -0.2) is 11.9 Å². The molecule has 8 aromatic rings. The topological polar surface area (TPSA) is 60.8 Å². The molecule has 0 aliphatic heterocycles. The van der Waals surface area contributed by atoms with Gasteiger partial charge in [0.1, 0.15) is 11.2 Å². The molecule has 0 spiro atoms. The van der Waals surface area contributed by atoms with Crippen LogP contribution in [0.2, 0.25) is 0 Å². The minimum Gasteiger partial charge on any atom is -0.455 e. The van der Waals surface area contributed by atoms with Crippen LogP contribution in [0.3, 0.4) is 0 Å². The van der Waals surface area contributed by atoms with Crippen molar-refractivity contribution in [1.29, 1.82) is 10.8 Å². The molecule has 0 atom stereocenters. The number of para-hydroxylation sites is 1. The van der Waals surface area contributed by atoms with Crippen LogP contribution in [0.4, 0.5) is 0 Å². The van der Waals surface area contributed by atoms with Crippen molar-refractivity contribution in [2.24, 2.45) is 0 Å².